The summed E-state index contributed by atoms with van der Waals surface area (Å²) >= 11 is 0. The normalized spacial score (nSPS) is 23.6. The van der Waals surface area contributed by atoms with E-state index in [1.165, 1.54) is 12.1 Å². The second-order valence-electron chi connectivity index (χ2n) is 5.34. The number of nitrogens with one attached hydrogen (secondary N) is 1. The smallest absolute Gasteiger partial charge is 0.340 e. The highest BCUT2D eigenvalue weighted by Gasteiger charge is 2.27. The number of nitrogens with two attached hydrogens (primary N) is 1. The Kier molecular flexibility index (Phi) is 4.13. The molecule has 20 heavy (non-hydrogen) atoms. The zero-order chi connectivity index (χ0) is 14.9. The molecule has 110 valence electrons. The molecule has 1 aromatic carbocycles. The Morgan fingerprint density at radius 3 is 2.55 bits per heavy atom. The molecule has 1 fully saturated rings. The Bertz CT molecular complexity index is 511. The highest BCUT2D eigenvalue weighted by atomic mass is 19.1. The molecule has 2 unspecified atom stereocenters. The molecule has 6 heteroatoms. The standard InChI is InChI=1S/C14H20FN3O2/c1-8-4-3-5-9(2)18(8)17-11-7-6-10(15)13(16)12(11)14(19)20/h6-9,17H,3-5,16H2,1-2H3,(H,19,20). The van der Waals surface area contributed by atoms with Crippen molar-refractivity contribution in [2.75, 3.05) is 11.2 Å². The molecule has 2 atom stereocenters. The van der Waals surface area contributed by atoms with Gasteiger partial charge < -0.3 is 16.3 Å². The Labute approximate surface area is 117 Å². The lowest BCUT2D eigenvalue weighted by molar-refractivity contribution is 0.0697. The summed E-state index contributed by atoms with van der Waals surface area (Å²) in [6.45, 7) is 4.16. The fourth-order valence-electron chi connectivity index (χ4n) is 2.70. The number of hydrogen-bond acceptors (Lipinski definition) is 4. The molecule has 0 bridgehead atoms. The number of carbonyl (C=O) groups is 1. The van der Waals surface area contributed by atoms with Crippen molar-refractivity contribution in [3.63, 3.8) is 0 Å². The van der Waals surface area contributed by atoms with E-state index in [0.29, 0.717) is 5.69 Å². The zero-order valence-electron chi connectivity index (χ0n) is 11.7. The van der Waals surface area contributed by atoms with Crippen molar-refractivity contribution >= 4 is 17.3 Å². The van der Waals surface area contributed by atoms with E-state index in [1.807, 2.05) is 5.01 Å². The first-order valence-electron chi connectivity index (χ1n) is 6.78. The summed E-state index contributed by atoms with van der Waals surface area (Å²) < 4.78 is 13.4. The minimum atomic E-state index is -1.23. The number of carboxylic acid groups (broad SMARTS) is 1. The number of halogens is 1. The second kappa shape index (κ2) is 5.66. The van der Waals surface area contributed by atoms with Gasteiger partial charge in [0.2, 0.25) is 0 Å². The lowest BCUT2D eigenvalue weighted by Crippen LogP contribution is -2.47. The van der Waals surface area contributed by atoms with Crippen LogP contribution in [0.4, 0.5) is 15.8 Å². The Morgan fingerprint density at radius 1 is 1.40 bits per heavy atom. The molecule has 0 amide bonds. The molecule has 0 spiro atoms. The fraction of sp³-hybridized carbons (Fsp3) is 0.500. The average molecular weight is 281 g/mol. The molecule has 0 radical (unpaired) electrons. The minimum Gasteiger partial charge on any atom is -0.478 e. The van der Waals surface area contributed by atoms with Gasteiger partial charge in [-0.25, -0.2) is 14.2 Å². The monoisotopic (exact) mass is 281 g/mol. The average Bonchev–Trinajstić information content (AvgIpc) is 2.37. The molecular formula is C14H20FN3O2. The van der Waals surface area contributed by atoms with Crippen LogP contribution in [0.2, 0.25) is 0 Å². The van der Waals surface area contributed by atoms with Gasteiger partial charge in [-0.3, -0.25) is 0 Å². The third-order valence-corrected chi connectivity index (χ3v) is 3.85. The van der Waals surface area contributed by atoms with Gasteiger partial charge >= 0.3 is 5.97 Å². The molecule has 0 aromatic heterocycles. The summed E-state index contributed by atoms with van der Waals surface area (Å²) in [7, 11) is 0. The third-order valence-electron chi connectivity index (χ3n) is 3.85. The first-order chi connectivity index (χ1) is 9.41. The van der Waals surface area contributed by atoms with E-state index in [9.17, 15) is 14.3 Å². The summed E-state index contributed by atoms with van der Waals surface area (Å²) in [5.41, 5.74) is 8.43. The molecule has 2 rings (SSSR count). The third kappa shape index (κ3) is 2.70. The number of rotatable bonds is 3. The van der Waals surface area contributed by atoms with Crippen molar-refractivity contribution in [2.45, 2.75) is 45.2 Å². The number of anilines is 2. The molecule has 0 aliphatic carbocycles. The van der Waals surface area contributed by atoms with Crippen LogP contribution in [0.15, 0.2) is 12.1 Å². The van der Waals surface area contributed by atoms with Gasteiger partial charge in [-0.15, -0.1) is 0 Å². The highest BCUT2D eigenvalue weighted by Crippen LogP contribution is 2.29. The van der Waals surface area contributed by atoms with Crippen LogP contribution in [0.3, 0.4) is 0 Å². The number of hydrogen-bond donors (Lipinski definition) is 3. The number of carboxylic acids is 1. The predicted molar refractivity (Wildman–Crippen MR) is 76.0 cm³/mol. The van der Waals surface area contributed by atoms with E-state index in [2.05, 4.69) is 19.3 Å². The number of piperidine rings is 1. The van der Waals surface area contributed by atoms with Crippen LogP contribution >= 0.6 is 0 Å². The lowest BCUT2D eigenvalue weighted by Gasteiger charge is -2.39. The summed E-state index contributed by atoms with van der Waals surface area (Å²) in [6.07, 6.45) is 3.23. The van der Waals surface area contributed by atoms with Crippen LogP contribution in [0, 0.1) is 5.82 Å². The van der Waals surface area contributed by atoms with Crippen LogP contribution in [0.5, 0.6) is 0 Å². The van der Waals surface area contributed by atoms with Gasteiger partial charge in [0.25, 0.3) is 0 Å². The lowest BCUT2D eigenvalue weighted by atomic mass is 9.99. The first kappa shape index (κ1) is 14.6. The summed E-state index contributed by atoms with van der Waals surface area (Å²) in [4.78, 5) is 11.3. The van der Waals surface area contributed by atoms with Gasteiger partial charge in [0.15, 0.2) is 0 Å². The predicted octanol–water partition coefficient (Wildman–Crippen LogP) is 2.70. The van der Waals surface area contributed by atoms with Crippen molar-refractivity contribution in [3.8, 4) is 0 Å². The molecule has 5 nitrogen and oxygen atoms in total. The van der Waals surface area contributed by atoms with Crippen molar-refractivity contribution in [1.29, 1.82) is 0 Å². The Hall–Kier alpha value is -1.82. The number of nitrogen functional groups attached to an aromatic ring is 1. The van der Waals surface area contributed by atoms with Crippen LogP contribution in [0.25, 0.3) is 0 Å². The van der Waals surface area contributed by atoms with E-state index in [0.717, 1.165) is 19.3 Å². The zero-order valence-corrected chi connectivity index (χ0v) is 11.7. The van der Waals surface area contributed by atoms with Gasteiger partial charge in [-0.2, -0.15) is 0 Å². The van der Waals surface area contributed by atoms with Gasteiger partial charge in [-0.05, 0) is 38.8 Å². The van der Waals surface area contributed by atoms with Crippen LogP contribution in [-0.4, -0.2) is 28.2 Å². The molecule has 1 aliphatic rings. The first-order valence-corrected chi connectivity index (χ1v) is 6.78. The fourth-order valence-corrected chi connectivity index (χ4v) is 2.70. The molecule has 1 saturated heterocycles. The molecular weight excluding hydrogens is 261 g/mol. The minimum absolute atomic E-state index is 0.213. The molecule has 1 aliphatic heterocycles. The topological polar surface area (TPSA) is 78.6 Å². The van der Waals surface area contributed by atoms with Gasteiger partial charge in [0.1, 0.15) is 11.4 Å². The SMILES string of the molecule is CC1CCCC(C)N1Nc1ccc(F)c(N)c1C(=O)O. The number of hydrazine groups is 1. The molecule has 0 saturated carbocycles. The van der Waals surface area contributed by atoms with Gasteiger partial charge in [-0.1, -0.05) is 6.42 Å². The van der Waals surface area contributed by atoms with Gasteiger partial charge in [0, 0.05) is 12.1 Å². The summed E-state index contributed by atoms with van der Waals surface area (Å²) in [6, 6.07) is 3.17. The largest absolute Gasteiger partial charge is 0.478 e. The highest BCUT2D eigenvalue weighted by molar-refractivity contribution is 5.99. The van der Waals surface area contributed by atoms with Crippen LogP contribution < -0.4 is 11.2 Å². The molecule has 1 aromatic rings. The maximum absolute atomic E-state index is 13.4. The summed E-state index contributed by atoms with van der Waals surface area (Å²) in [5.74, 6) is -1.95. The number of nitrogens with zero attached hydrogens (tertiary/aromatic N) is 1. The maximum Gasteiger partial charge on any atom is 0.340 e. The quantitative estimate of drug-likeness (QED) is 0.742. The van der Waals surface area contributed by atoms with Crippen molar-refractivity contribution in [3.05, 3.63) is 23.5 Å². The number of benzene rings is 1. The molecule has 4 N–H and O–H groups in total. The van der Waals surface area contributed by atoms with E-state index in [-0.39, 0.29) is 23.3 Å². The van der Waals surface area contributed by atoms with Gasteiger partial charge in [0.05, 0.1) is 11.4 Å². The van der Waals surface area contributed by atoms with Crippen LogP contribution in [0.1, 0.15) is 43.5 Å². The van der Waals surface area contributed by atoms with Crippen molar-refractivity contribution in [1.82, 2.24) is 5.01 Å². The van der Waals surface area contributed by atoms with Crippen LogP contribution in [-0.2, 0) is 0 Å². The molecule has 1 heterocycles. The van der Waals surface area contributed by atoms with Crippen molar-refractivity contribution < 1.29 is 14.3 Å². The van der Waals surface area contributed by atoms with E-state index >= 15 is 0 Å². The number of aromatic carboxylic acids is 1. The van der Waals surface area contributed by atoms with Crippen molar-refractivity contribution in [2.24, 2.45) is 0 Å². The van der Waals surface area contributed by atoms with E-state index < -0.39 is 11.8 Å². The Balaban J connectivity index is 2.33. The summed E-state index contributed by atoms with van der Waals surface area (Å²) in [5, 5.41) is 11.2. The second-order valence-corrected chi connectivity index (χ2v) is 5.34. The van der Waals surface area contributed by atoms with E-state index in [4.69, 9.17) is 5.73 Å². The maximum atomic E-state index is 13.4. The Morgan fingerprint density at radius 2 is 2.00 bits per heavy atom. The van der Waals surface area contributed by atoms with E-state index in [1.54, 1.807) is 0 Å².